The van der Waals surface area contributed by atoms with Crippen LogP contribution >= 0.6 is 0 Å². The first-order valence-corrected chi connectivity index (χ1v) is 15.1. The van der Waals surface area contributed by atoms with Gasteiger partial charge in [0.25, 0.3) is 34.4 Å². The Morgan fingerprint density at radius 1 is 0.758 bits per heavy atom. The van der Waals surface area contributed by atoms with Crippen LogP contribution in [0.15, 0.2) is 32.7 Å². The predicted molar refractivity (Wildman–Crippen MR) is 125 cm³/mol. The zero-order chi connectivity index (χ0) is 24.9. The molecular formula is C19H30N2O9S3. The molecular weight excluding hydrogens is 496 g/mol. The Morgan fingerprint density at radius 3 is 1.70 bits per heavy atom. The monoisotopic (exact) mass is 526 g/mol. The standard InChI is InChI=1S/C19H30N2O9S3/c1-2-3-4-5-6-7-8-9-10-11-12-16-20-15-13-14-19(32(25,26)27,33(28,29)30)18(17(15)21-16)31(22,23)24/h13-14H,2-12H2,1H3,(H,22,23,24)(H,25,26,27)(H,28,29,30). The van der Waals surface area contributed by atoms with Crippen LogP contribution in [0.1, 0.15) is 77.6 Å². The van der Waals surface area contributed by atoms with Crippen molar-refractivity contribution in [1.29, 1.82) is 0 Å². The molecule has 0 saturated heterocycles. The van der Waals surface area contributed by atoms with Gasteiger partial charge >= 0.3 is 0 Å². The molecule has 0 aromatic heterocycles. The number of aliphatic imine (C=N–C) groups is 2. The van der Waals surface area contributed by atoms with Crippen LogP contribution in [0.25, 0.3) is 0 Å². The quantitative estimate of drug-likeness (QED) is 0.225. The van der Waals surface area contributed by atoms with Crippen LogP contribution in [0.3, 0.4) is 0 Å². The van der Waals surface area contributed by atoms with E-state index in [2.05, 4.69) is 16.9 Å². The highest BCUT2D eigenvalue weighted by Crippen LogP contribution is 2.42. The fraction of sp³-hybridized carbons (Fsp3) is 0.684. The van der Waals surface area contributed by atoms with Crippen LogP contribution in [-0.2, 0) is 30.4 Å². The summed E-state index contributed by atoms with van der Waals surface area (Å²) in [4.78, 5) is 6.30. The summed E-state index contributed by atoms with van der Waals surface area (Å²) in [6.07, 6.45) is 12.3. The average Bonchev–Trinajstić information content (AvgIpc) is 3.08. The smallest absolute Gasteiger partial charge is 0.284 e. The molecule has 0 atom stereocenters. The van der Waals surface area contributed by atoms with Crippen LogP contribution in [0.4, 0.5) is 0 Å². The molecule has 0 aromatic rings. The van der Waals surface area contributed by atoms with Crippen LogP contribution < -0.4 is 0 Å². The third-order valence-corrected chi connectivity index (χ3v) is 10.3. The second kappa shape index (κ2) is 10.9. The fourth-order valence-corrected chi connectivity index (χ4v) is 8.13. The van der Waals surface area contributed by atoms with Crippen LogP contribution in [-0.4, -0.2) is 54.5 Å². The van der Waals surface area contributed by atoms with E-state index in [0.717, 1.165) is 31.8 Å². The molecule has 14 heteroatoms. The molecule has 188 valence electrons. The van der Waals surface area contributed by atoms with E-state index in [1.807, 2.05) is 0 Å². The number of hydrogen-bond acceptors (Lipinski definition) is 8. The molecule has 11 nitrogen and oxygen atoms in total. The maximum Gasteiger partial charge on any atom is 0.296 e. The minimum absolute atomic E-state index is 0.117. The van der Waals surface area contributed by atoms with Crippen LogP contribution in [0.2, 0.25) is 0 Å². The normalized spacial score (nSPS) is 18.3. The average molecular weight is 527 g/mol. The number of nitrogens with zero attached hydrogens (tertiary/aromatic N) is 2. The van der Waals surface area contributed by atoms with Crippen molar-refractivity contribution in [2.24, 2.45) is 9.98 Å². The van der Waals surface area contributed by atoms with Crippen LogP contribution in [0.5, 0.6) is 0 Å². The molecule has 1 aliphatic carbocycles. The van der Waals surface area contributed by atoms with Crippen molar-refractivity contribution < 1.29 is 38.9 Å². The minimum atomic E-state index is -5.82. The Hall–Kier alpha value is -1.45. The van der Waals surface area contributed by atoms with Crippen molar-refractivity contribution in [1.82, 2.24) is 0 Å². The lowest BCUT2D eigenvalue weighted by Crippen LogP contribution is -2.50. The third-order valence-electron chi connectivity index (χ3n) is 5.50. The lowest BCUT2D eigenvalue weighted by molar-refractivity contribution is 0.442. The van der Waals surface area contributed by atoms with Gasteiger partial charge in [0.05, 0.1) is 5.71 Å². The summed E-state index contributed by atoms with van der Waals surface area (Å²) < 4.78 is 96.5. The molecule has 2 aliphatic rings. The Balaban J connectivity index is 2.15. The van der Waals surface area contributed by atoms with Crippen molar-refractivity contribution in [2.45, 2.75) is 81.6 Å². The summed E-state index contributed by atoms with van der Waals surface area (Å²) in [5.74, 6) is 0.117. The molecule has 2 rings (SSSR count). The first-order chi connectivity index (χ1) is 15.3. The molecule has 3 N–H and O–H groups in total. The summed E-state index contributed by atoms with van der Waals surface area (Å²) in [7, 11) is -17.2. The number of unbranched alkanes of at least 4 members (excludes halogenated alkanes) is 9. The van der Waals surface area contributed by atoms with Gasteiger partial charge < -0.3 is 0 Å². The Bertz CT molecular complexity index is 1150. The summed E-state index contributed by atoms with van der Waals surface area (Å²) in [6, 6.07) is 0. The van der Waals surface area contributed by atoms with E-state index < -0.39 is 45.0 Å². The zero-order valence-electron chi connectivity index (χ0n) is 18.3. The van der Waals surface area contributed by atoms with Gasteiger partial charge in [-0.15, -0.1) is 0 Å². The number of fused-ring (bicyclic) bond motifs is 1. The number of rotatable bonds is 14. The molecule has 0 aromatic carbocycles. The predicted octanol–water partition coefficient (Wildman–Crippen LogP) is 3.29. The fourth-order valence-electron chi connectivity index (χ4n) is 3.84. The van der Waals surface area contributed by atoms with E-state index in [9.17, 15) is 38.9 Å². The lowest BCUT2D eigenvalue weighted by atomic mass is 10.1. The molecule has 1 heterocycles. The van der Waals surface area contributed by atoms with Crippen LogP contribution in [0, 0.1) is 0 Å². The third kappa shape index (κ3) is 6.36. The van der Waals surface area contributed by atoms with Gasteiger partial charge in [0.15, 0.2) is 0 Å². The number of allylic oxidation sites excluding steroid dienone is 1. The van der Waals surface area contributed by atoms with E-state index in [-0.39, 0.29) is 17.6 Å². The summed E-state index contributed by atoms with van der Waals surface area (Å²) >= 11 is 0. The van der Waals surface area contributed by atoms with Crippen molar-refractivity contribution in [3.63, 3.8) is 0 Å². The molecule has 0 fully saturated rings. The van der Waals surface area contributed by atoms with Gasteiger partial charge in [0.2, 0.25) is 0 Å². The molecule has 0 radical (unpaired) electrons. The Kier molecular flexibility index (Phi) is 9.15. The first-order valence-electron chi connectivity index (χ1n) is 10.8. The SMILES string of the molecule is CCCCCCCCCCCCC1=NC2=C(S(=O)(=O)O)C(S(=O)(=O)O)(S(=O)(=O)O)C=CC2=N1. The van der Waals surface area contributed by atoms with Crippen molar-refractivity contribution >= 4 is 41.9 Å². The largest absolute Gasteiger partial charge is 0.296 e. The lowest BCUT2D eigenvalue weighted by Gasteiger charge is -2.28. The van der Waals surface area contributed by atoms with Gasteiger partial charge in [-0.05, 0) is 18.6 Å². The Labute approximate surface area is 195 Å². The molecule has 0 spiro atoms. The molecule has 0 unspecified atom stereocenters. The summed E-state index contributed by atoms with van der Waals surface area (Å²) in [5, 5.41) is 0. The molecule has 33 heavy (non-hydrogen) atoms. The van der Waals surface area contributed by atoms with Crippen molar-refractivity contribution in [3.8, 4) is 0 Å². The van der Waals surface area contributed by atoms with Gasteiger partial charge in [-0.3, -0.25) is 13.7 Å². The molecule has 0 amide bonds. The van der Waals surface area contributed by atoms with Crippen molar-refractivity contribution in [2.75, 3.05) is 0 Å². The maximum atomic E-state index is 12.0. The van der Waals surface area contributed by atoms with Gasteiger partial charge in [0, 0.05) is 6.42 Å². The second-order valence-corrected chi connectivity index (χ2v) is 12.9. The minimum Gasteiger partial charge on any atom is -0.284 e. The maximum absolute atomic E-state index is 12.0. The summed E-state index contributed by atoms with van der Waals surface area (Å²) in [5.41, 5.74) is -0.954. The summed E-state index contributed by atoms with van der Waals surface area (Å²) in [6.45, 7) is 2.17. The van der Waals surface area contributed by atoms with Gasteiger partial charge in [-0.1, -0.05) is 64.7 Å². The highest BCUT2D eigenvalue weighted by molar-refractivity contribution is 8.08. The molecule has 0 bridgehead atoms. The topological polar surface area (TPSA) is 188 Å². The first kappa shape index (κ1) is 27.8. The molecule has 0 saturated carbocycles. The molecule has 1 aliphatic heterocycles. The van der Waals surface area contributed by atoms with Gasteiger partial charge in [-0.2, -0.15) is 25.3 Å². The van der Waals surface area contributed by atoms with E-state index in [1.54, 1.807) is 0 Å². The van der Waals surface area contributed by atoms with E-state index >= 15 is 0 Å². The highest BCUT2D eigenvalue weighted by Gasteiger charge is 2.63. The van der Waals surface area contributed by atoms with Gasteiger partial charge in [0.1, 0.15) is 16.4 Å². The van der Waals surface area contributed by atoms with E-state index in [1.165, 1.54) is 32.1 Å². The second-order valence-electron chi connectivity index (χ2n) is 8.06. The number of amidine groups is 1. The van der Waals surface area contributed by atoms with Gasteiger partial charge in [-0.25, -0.2) is 9.98 Å². The zero-order valence-corrected chi connectivity index (χ0v) is 20.8. The highest BCUT2D eigenvalue weighted by atomic mass is 32.3. The van der Waals surface area contributed by atoms with E-state index in [0.29, 0.717) is 12.8 Å². The van der Waals surface area contributed by atoms with Crippen molar-refractivity contribution in [3.05, 3.63) is 22.8 Å². The number of hydrogen-bond donors (Lipinski definition) is 3. The Morgan fingerprint density at radius 2 is 1.24 bits per heavy atom. The van der Waals surface area contributed by atoms with E-state index in [4.69, 9.17) is 0 Å².